The van der Waals surface area contributed by atoms with E-state index >= 15 is 0 Å². The van der Waals surface area contributed by atoms with E-state index < -0.39 is 0 Å². The molecule has 4 heteroatoms. The number of nitrogens with zero attached hydrogens (tertiary/aromatic N) is 1. The molecule has 2 nitrogen and oxygen atoms in total. The summed E-state index contributed by atoms with van der Waals surface area (Å²) in [6.45, 7) is 0. The average Bonchev–Trinajstić information content (AvgIpc) is 2.41. The fraction of sp³-hybridized carbons (Fsp3) is 0. The maximum Gasteiger partial charge on any atom is 0.224 e. The number of halogens is 1. The topological polar surface area (TPSA) is 40.9 Å². The molecule has 0 fully saturated rings. The molecular formula is C14H8ClNOS. The number of nitriles is 1. The second-order valence-corrected chi connectivity index (χ2v) is 5.02. The Hall–Kier alpha value is -1.76. The van der Waals surface area contributed by atoms with E-state index in [1.807, 2.05) is 6.07 Å². The quantitative estimate of drug-likeness (QED) is 0.772. The van der Waals surface area contributed by atoms with Gasteiger partial charge in [0.15, 0.2) is 0 Å². The predicted octanol–water partition coefficient (Wildman–Crippen LogP) is 4.14. The van der Waals surface area contributed by atoms with Gasteiger partial charge >= 0.3 is 0 Å². The Bertz CT molecular complexity index is 599. The summed E-state index contributed by atoms with van der Waals surface area (Å²) >= 11 is 6.91. The molecule has 2 aromatic rings. The lowest BCUT2D eigenvalue weighted by Crippen LogP contribution is -1.92. The van der Waals surface area contributed by atoms with Gasteiger partial charge in [0.2, 0.25) is 5.12 Å². The molecule has 0 saturated carbocycles. The normalized spacial score (nSPS) is 9.78. The van der Waals surface area contributed by atoms with Gasteiger partial charge in [0.05, 0.1) is 11.6 Å². The summed E-state index contributed by atoms with van der Waals surface area (Å²) in [7, 11) is 0. The van der Waals surface area contributed by atoms with E-state index in [1.54, 1.807) is 48.5 Å². The zero-order valence-electron chi connectivity index (χ0n) is 9.26. The smallest absolute Gasteiger partial charge is 0.224 e. The molecule has 2 rings (SSSR count). The van der Waals surface area contributed by atoms with E-state index in [2.05, 4.69) is 0 Å². The monoisotopic (exact) mass is 273 g/mol. The Labute approximate surface area is 114 Å². The van der Waals surface area contributed by atoms with Crippen molar-refractivity contribution in [1.82, 2.24) is 0 Å². The molecule has 18 heavy (non-hydrogen) atoms. The van der Waals surface area contributed by atoms with Crippen molar-refractivity contribution < 1.29 is 4.79 Å². The van der Waals surface area contributed by atoms with Gasteiger partial charge in [0, 0.05) is 15.5 Å². The second kappa shape index (κ2) is 5.72. The van der Waals surface area contributed by atoms with Crippen LogP contribution in [0.4, 0.5) is 0 Å². The highest BCUT2D eigenvalue weighted by Crippen LogP contribution is 2.24. The summed E-state index contributed by atoms with van der Waals surface area (Å²) in [5, 5.41) is 9.27. The molecule has 0 heterocycles. The van der Waals surface area contributed by atoms with E-state index in [0.29, 0.717) is 16.1 Å². The summed E-state index contributed by atoms with van der Waals surface area (Å²) < 4.78 is 0. The number of thioether (sulfide) groups is 1. The molecule has 88 valence electrons. The first kappa shape index (κ1) is 12.7. The molecule has 0 aromatic heterocycles. The highest BCUT2D eigenvalue weighted by molar-refractivity contribution is 8.14. The van der Waals surface area contributed by atoms with E-state index in [1.165, 1.54) is 0 Å². The Kier molecular flexibility index (Phi) is 4.03. The lowest BCUT2D eigenvalue weighted by molar-refractivity contribution is 0.108. The zero-order valence-corrected chi connectivity index (χ0v) is 10.8. The van der Waals surface area contributed by atoms with Crippen LogP contribution in [-0.4, -0.2) is 5.12 Å². The van der Waals surface area contributed by atoms with Crippen LogP contribution in [0.25, 0.3) is 0 Å². The Morgan fingerprint density at radius 2 is 1.67 bits per heavy atom. The number of rotatable bonds is 2. The molecular weight excluding hydrogens is 266 g/mol. The van der Waals surface area contributed by atoms with Crippen molar-refractivity contribution in [2.75, 3.05) is 0 Å². The first-order valence-electron chi connectivity index (χ1n) is 5.17. The summed E-state index contributed by atoms with van der Waals surface area (Å²) in [5.74, 6) is 0. The zero-order chi connectivity index (χ0) is 13.0. The van der Waals surface area contributed by atoms with Crippen molar-refractivity contribution in [2.45, 2.75) is 4.90 Å². The SMILES string of the molecule is N#Cc1ccc(C(=O)Sc2ccc(Cl)cc2)cc1. The molecule has 0 bridgehead atoms. The van der Waals surface area contributed by atoms with E-state index in [-0.39, 0.29) is 5.12 Å². The number of benzene rings is 2. The van der Waals surface area contributed by atoms with Crippen LogP contribution < -0.4 is 0 Å². The third kappa shape index (κ3) is 3.13. The molecule has 0 N–H and O–H groups in total. The van der Waals surface area contributed by atoms with Crippen molar-refractivity contribution in [1.29, 1.82) is 5.26 Å². The van der Waals surface area contributed by atoms with Gasteiger partial charge in [-0.1, -0.05) is 11.6 Å². The lowest BCUT2D eigenvalue weighted by atomic mass is 10.2. The van der Waals surface area contributed by atoms with Crippen molar-refractivity contribution in [3.63, 3.8) is 0 Å². The highest BCUT2D eigenvalue weighted by Gasteiger charge is 2.07. The van der Waals surface area contributed by atoms with Crippen LogP contribution in [-0.2, 0) is 0 Å². The third-order valence-corrected chi connectivity index (χ3v) is 3.45. The molecule has 0 aliphatic heterocycles. The van der Waals surface area contributed by atoms with Crippen LogP contribution in [0.15, 0.2) is 53.4 Å². The van der Waals surface area contributed by atoms with Gasteiger partial charge in [-0.3, -0.25) is 4.79 Å². The van der Waals surface area contributed by atoms with Crippen LogP contribution in [0.2, 0.25) is 5.02 Å². The van der Waals surface area contributed by atoms with Gasteiger partial charge in [0.1, 0.15) is 0 Å². The first-order chi connectivity index (χ1) is 8.69. The predicted molar refractivity (Wildman–Crippen MR) is 72.8 cm³/mol. The van der Waals surface area contributed by atoms with Crippen LogP contribution in [0.3, 0.4) is 0 Å². The van der Waals surface area contributed by atoms with Crippen LogP contribution in [0.1, 0.15) is 15.9 Å². The number of hydrogen-bond donors (Lipinski definition) is 0. The summed E-state index contributed by atoms with van der Waals surface area (Å²) in [5.41, 5.74) is 1.12. The highest BCUT2D eigenvalue weighted by atomic mass is 35.5. The molecule has 0 radical (unpaired) electrons. The van der Waals surface area contributed by atoms with Crippen LogP contribution >= 0.6 is 23.4 Å². The molecule has 0 aliphatic carbocycles. The average molecular weight is 274 g/mol. The molecule has 0 saturated heterocycles. The largest absolute Gasteiger partial charge is 0.281 e. The molecule has 2 aromatic carbocycles. The van der Waals surface area contributed by atoms with Crippen molar-refractivity contribution >= 4 is 28.5 Å². The Balaban J connectivity index is 2.12. The molecule has 0 aliphatic rings. The van der Waals surface area contributed by atoms with Crippen LogP contribution in [0, 0.1) is 11.3 Å². The molecule has 0 unspecified atom stereocenters. The summed E-state index contributed by atoms with van der Waals surface area (Å²) in [6, 6.07) is 15.7. The summed E-state index contributed by atoms with van der Waals surface area (Å²) in [6.07, 6.45) is 0. The minimum absolute atomic E-state index is 0.0539. The molecule has 0 atom stereocenters. The van der Waals surface area contributed by atoms with Gasteiger partial charge in [-0.15, -0.1) is 0 Å². The maximum absolute atomic E-state index is 11.9. The number of hydrogen-bond acceptors (Lipinski definition) is 3. The fourth-order valence-corrected chi connectivity index (χ4v) is 2.22. The minimum atomic E-state index is -0.0539. The van der Waals surface area contributed by atoms with E-state index in [0.717, 1.165) is 16.7 Å². The van der Waals surface area contributed by atoms with Gasteiger partial charge < -0.3 is 0 Å². The standard InChI is InChI=1S/C14H8ClNOS/c15-12-5-7-13(8-6-12)18-14(17)11-3-1-10(9-16)2-4-11/h1-8H. The van der Waals surface area contributed by atoms with Gasteiger partial charge in [-0.2, -0.15) is 5.26 Å². The van der Waals surface area contributed by atoms with E-state index in [9.17, 15) is 4.79 Å². The van der Waals surface area contributed by atoms with Gasteiger partial charge in [-0.25, -0.2) is 0 Å². The minimum Gasteiger partial charge on any atom is -0.281 e. The number of carbonyl (C=O) groups excluding carboxylic acids is 1. The Morgan fingerprint density at radius 1 is 1.06 bits per heavy atom. The Morgan fingerprint density at radius 3 is 2.22 bits per heavy atom. The van der Waals surface area contributed by atoms with Crippen LogP contribution in [0.5, 0.6) is 0 Å². The first-order valence-corrected chi connectivity index (χ1v) is 6.36. The third-order valence-electron chi connectivity index (χ3n) is 2.27. The van der Waals surface area contributed by atoms with Gasteiger partial charge in [0.25, 0.3) is 0 Å². The van der Waals surface area contributed by atoms with Gasteiger partial charge in [-0.05, 0) is 60.3 Å². The van der Waals surface area contributed by atoms with Crippen molar-refractivity contribution in [3.8, 4) is 6.07 Å². The fourth-order valence-electron chi connectivity index (χ4n) is 1.35. The van der Waals surface area contributed by atoms with E-state index in [4.69, 9.17) is 16.9 Å². The lowest BCUT2D eigenvalue weighted by Gasteiger charge is -2.01. The maximum atomic E-state index is 11.9. The molecule has 0 spiro atoms. The summed E-state index contributed by atoms with van der Waals surface area (Å²) in [4.78, 5) is 12.8. The second-order valence-electron chi connectivity index (χ2n) is 3.53. The van der Waals surface area contributed by atoms with Crippen molar-refractivity contribution in [3.05, 3.63) is 64.7 Å². The molecule has 0 amide bonds. The number of carbonyl (C=O) groups is 1. The van der Waals surface area contributed by atoms with Crippen molar-refractivity contribution in [2.24, 2.45) is 0 Å².